The average Bonchev–Trinajstić information content (AvgIpc) is 2.24. The average molecular weight is 378 g/mol. The highest BCUT2D eigenvalue weighted by atomic mass is 79.9. The molecular formula is C13H8BrCl2FN2O. The van der Waals surface area contributed by atoms with Crippen LogP contribution in [0.25, 0.3) is 0 Å². The number of rotatable bonds is 2. The molecular weight excluding hydrogens is 370 g/mol. The van der Waals surface area contributed by atoms with Crippen LogP contribution in [0.15, 0.2) is 40.9 Å². The molecule has 0 aliphatic rings. The molecule has 0 aliphatic heterocycles. The Morgan fingerprint density at radius 2 is 1.50 bits per heavy atom. The molecule has 0 bridgehead atoms. The molecule has 7 heteroatoms. The van der Waals surface area contributed by atoms with Crippen molar-refractivity contribution in [3.05, 3.63) is 56.7 Å². The number of anilines is 2. The molecule has 0 fully saturated rings. The molecule has 0 saturated carbocycles. The van der Waals surface area contributed by atoms with Crippen molar-refractivity contribution in [1.29, 1.82) is 0 Å². The predicted octanol–water partition coefficient (Wildman–Crippen LogP) is 5.54. The van der Waals surface area contributed by atoms with Crippen molar-refractivity contribution in [1.82, 2.24) is 0 Å². The molecule has 0 unspecified atom stereocenters. The van der Waals surface area contributed by atoms with Gasteiger partial charge in [-0.1, -0.05) is 39.1 Å². The topological polar surface area (TPSA) is 41.1 Å². The summed E-state index contributed by atoms with van der Waals surface area (Å²) in [6.45, 7) is 0. The van der Waals surface area contributed by atoms with Gasteiger partial charge in [-0.2, -0.15) is 0 Å². The third-order valence-corrected chi connectivity index (χ3v) is 3.14. The molecule has 0 heterocycles. The van der Waals surface area contributed by atoms with Gasteiger partial charge in [0, 0.05) is 25.9 Å². The van der Waals surface area contributed by atoms with Crippen LogP contribution in [0.2, 0.25) is 10.0 Å². The lowest BCUT2D eigenvalue weighted by Gasteiger charge is -2.09. The summed E-state index contributed by atoms with van der Waals surface area (Å²) in [6, 6.07) is 8.20. The van der Waals surface area contributed by atoms with Gasteiger partial charge in [0.2, 0.25) is 0 Å². The maximum Gasteiger partial charge on any atom is 0.323 e. The first kappa shape index (κ1) is 15.1. The molecule has 2 aromatic rings. The summed E-state index contributed by atoms with van der Waals surface area (Å²) in [5, 5.41) is 5.73. The Bertz CT molecular complexity index is 571. The summed E-state index contributed by atoms with van der Waals surface area (Å²) in [5.74, 6) is -0.529. The van der Waals surface area contributed by atoms with Crippen LogP contribution >= 0.6 is 39.1 Å². The molecule has 2 aromatic carbocycles. The highest BCUT2D eigenvalue weighted by Crippen LogP contribution is 2.23. The molecule has 2 rings (SSSR count). The van der Waals surface area contributed by atoms with Crippen molar-refractivity contribution in [2.75, 3.05) is 10.6 Å². The Morgan fingerprint density at radius 3 is 2.05 bits per heavy atom. The number of amides is 2. The summed E-state index contributed by atoms with van der Waals surface area (Å²) in [4.78, 5) is 11.8. The van der Waals surface area contributed by atoms with Gasteiger partial charge in [0.1, 0.15) is 5.82 Å². The summed E-state index contributed by atoms with van der Waals surface area (Å²) >= 11 is 14.8. The molecule has 0 aromatic heterocycles. The number of halogens is 4. The number of hydrogen-bond donors (Lipinski definition) is 2. The molecule has 20 heavy (non-hydrogen) atoms. The minimum Gasteiger partial charge on any atom is -0.308 e. The van der Waals surface area contributed by atoms with E-state index in [9.17, 15) is 9.18 Å². The maximum absolute atomic E-state index is 13.1. The van der Waals surface area contributed by atoms with Crippen LogP contribution in [0.1, 0.15) is 0 Å². The van der Waals surface area contributed by atoms with Crippen molar-refractivity contribution in [3.63, 3.8) is 0 Å². The van der Waals surface area contributed by atoms with Crippen molar-refractivity contribution < 1.29 is 9.18 Å². The standard InChI is InChI=1S/C13H8BrCl2FN2O/c14-7-1-8(15)4-11(2-7)18-13(20)19-12-5-9(16)3-10(17)6-12/h1-6H,(H2,18,19,20). The van der Waals surface area contributed by atoms with Gasteiger partial charge < -0.3 is 10.6 Å². The van der Waals surface area contributed by atoms with Crippen LogP contribution < -0.4 is 10.6 Å². The van der Waals surface area contributed by atoms with Gasteiger partial charge in [-0.05, 0) is 36.4 Å². The zero-order valence-electron chi connectivity index (χ0n) is 9.88. The molecule has 0 aliphatic carbocycles. The smallest absolute Gasteiger partial charge is 0.308 e. The van der Waals surface area contributed by atoms with Crippen molar-refractivity contribution >= 4 is 56.5 Å². The van der Waals surface area contributed by atoms with Gasteiger partial charge >= 0.3 is 6.03 Å². The van der Waals surface area contributed by atoms with E-state index in [1.165, 1.54) is 12.1 Å². The predicted molar refractivity (Wildman–Crippen MR) is 83.2 cm³/mol. The third-order valence-electron chi connectivity index (χ3n) is 2.24. The summed E-state index contributed by atoms with van der Waals surface area (Å²) in [5.41, 5.74) is 0.762. The second-order valence-electron chi connectivity index (χ2n) is 3.90. The van der Waals surface area contributed by atoms with Crippen LogP contribution in [-0.2, 0) is 0 Å². The largest absolute Gasteiger partial charge is 0.323 e. The normalized spacial score (nSPS) is 10.2. The van der Waals surface area contributed by atoms with Gasteiger partial charge in [0.05, 0.1) is 0 Å². The van der Waals surface area contributed by atoms with E-state index in [0.717, 1.165) is 10.5 Å². The van der Waals surface area contributed by atoms with E-state index in [4.69, 9.17) is 23.2 Å². The SMILES string of the molecule is O=C(Nc1cc(F)cc(Cl)c1)Nc1cc(Cl)cc(Br)c1. The molecule has 3 nitrogen and oxygen atoms in total. The van der Waals surface area contributed by atoms with Gasteiger partial charge in [0.15, 0.2) is 0 Å². The number of carbonyl (C=O) groups is 1. The van der Waals surface area contributed by atoms with Gasteiger partial charge in [-0.15, -0.1) is 0 Å². The van der Waals surface area contributed by atoms with E-state index in [1.54, 1.807) is 18.2 Å². The summed E-state index contributed by atoms with van der Waals surface area (Å²) in [6.07, 6.45) is 0. The van der Waals surface area contributed by atoms with Crippen LogP contribution in [-0.4, -0.2) is 6.03 Å². The zero-order valence-corrected chi connectivity index (χ0v) is 13.0. The van der Waals surface area contributed by atoms with Crippen molar-refractivity contribution in [3.8, 4) is 0 Å². The second-order valence-corrected chi connectivity index (χ2v) is 5.68. The first-order valence-electron chi connectivity index (χ1n) is 5.42. The minimum absolute atomic E-state index is 0.200. The molecule has 0 radical (unpaired) electrons. The number of nitrogens with one attached hydrogen (secondary N) is 2. The highest BCUT2D eigenvalue weighted by molar-refractivity contribution is 9.10. The number of benzene rings is 2. The molecule has 0 atom stereocenters. The Hall–Kier alpha value is -1.30. The Kier molecular flexibility index (Phi) is 4.86. The maximum atomic E-state index is 13.1. The van der Waals surface area contributed by atoms with Gasteiger partial charge in [-0.3, -0.25) is 0 Å². The van der Waals surface area contributed by atoms with Gasteiger partial charge in [0.25, 0.3) is 0 Å². The van der Waals surface area contributed by atoms with E-state index in [2.05, 4.69) is 26.6 Å². The van der Waals surface area contributed by atoms with Crippen LogP contribution in [0, 0.1) is 5.82 Å². The molecule has 0 spiro atoms. The molecule has 2 N–H and O–H groups in total. The fourth-order valence-electron chi connectivity index (χ4n) is 1.55. The fourth-order valence-corrected chi connectivity index (χ4v) is 2.63. The zero-order chi connectivity index (χ0) is 14.7. The van der Waals surface area contributed by atoms with E-state index >= 15 is 0 Å². The molecule has 0 saturated heterocycles. The molecule has 104 valence electrons. The number of urea groups is 1. The van der Waals surface area contributed by atoms with E-state index in [1.807, 2.05) is 0 Å². The van der Waals surface area contributed by atoms with E-state index < -0.39 is 11.8 Å². The first-order valence-corrected chi connectivity index (χ1v) is 6.97. The quantitative estimate of drug-likeness (QED) is 0.708. The monoisotopic (exact) mass is 376 g/mol. The van der Waals surface area contributed by atoms with Crippen LogP contribution in [0.3, 0.4) is 0 Å². The van der Waals surface area contributed by atoms with E-state index in [0.29, 0.717) is 10.7 Å². The van der Waals surface area contributed by atoms with Crippen molar-refractivity contribution in [2.45, 2.75) is 0 Å². The summed E-state index contributed by atoms with van der Waals surface area (Å²) < 4.78 is 13.9. The Balaban J connectivity index is 2.08. The first-order chi connectivity index (χ1) is 9.42. The third kappa shape index (κ3) is 4.37. The highest BCUT2D eigenvalue weighted by Gasteiger charge is 2.06. The summed E-state index contributed by atoms with van der Waals surface area (Å²) in [7, 11) is 0. The lowest BCUT2D eigenvalue weighted by atomic mass is 10.3. The molecule has 2 amide bonds. The lowest BCUT2D eigenvalue weighted by molar-refractivity contribution is 0.262. The fraction of sp³-hybridized carbons (Fsp3) is 0. The number of carbonyl (C=O) groups excluding carboxylic acids is 1. The van der Waals surface area contributed by atoms with Gasteiger partial charge in [-0.25, -0.2) is 9.18 Å². The minimum atomic E-state index is -0.529. The lowest BCUT2D eigenvalue weighted by Crippen LogP contribution is -2.19. The van der Waals surface area contributed by atoms with Crippen LogP contribution in [0.4, 0.5) is 20.6 Å². The second kappa shape index (κ2) is 6.43. The van der Waals surface area contributed by atoms with Crippen LogP contribution in [0.5, 0.6) is 0 Å². The van der Waals surface area contributed by atoms with Crippen molar-refractivity contribution in [2.24, 2.45) is 0 Å². The number of hydrogen-bond acceptors (Lipinski definition) is 1. The van der Waals surface area contributed by atoms with E-state index in [-0.39, 0.29) is 10.7 Å². The Morgan fingerprint density at radius 1 is 0.950 bits per heavy atom. The Labute approximate surface area is 133 Å².